The van der Waals surface area contributed by atoms with Gasteiger partial charge in [0.15, 0.2) is 11.5 Å². The van der Waals surface area contributed by atoms with E-state index in [2.05, 4.69) is 33.0 Å². The molecule has 1 heterocycles. The number of rotatable bonds is 5. The van der Waals surface area contributed by atoms with Gasteiger partial charge in [-0.25, -0.2) is 0 Å². The molecule has 2 N–H and O–H groups in total. The third-order valence-electron chi connectivity index (χ3n) is 3.41. The fourth-order valence-electron chi connectivity index (χ4n) is 2.26. The largest absolute Gasteiger partial charge is 0.503 e. The standard InChI is InChI=1S/C14H20BrNO2S/c1-18-13-7-11(6-12(15)14(13)17)9-16-8-10-2-4-19-5-3-10/h6-7,10,16-17H,2-5,8-9H2,1H3. The molecule has 5 heteroatoms. The number of halogens is 1. The van der Waals surface area contributed by atoms with Gasteiger partial charge in [0.05, 0.1) is 11.6 Å². The fourth-order valence-corrected chi connectivity index (χ4v) is 3.95. The van der Waals surface area contributed by atoms with Crippen molar-refractivity contribution in [2.45, 2.75) is 19.4 Å². The molecule has 0 aliphatic carbocycles. The second-order valence-corrected chi connectivity index (χ2v) is 6.89. The van der Waals surface area contributed by atoms with Crippen molar-refractivity contribution in [1.82, 2.24) is 5.32 Å². The number of ether oxygens (including phenoxy) is 1. The predicted molar refractivity (Wildman–Crippen MR) is 84.1 cm³/mol. The molecule has 0 spiro atoms. The highest BCUT2D eigenvalue weighted by Gasteiger charge is 2.13. The SMILES string of the molecule is COc1cc(CNCC2CCSCC2)cc(Br)c1O. The van der Waals surface area contributed by atoms with Gasteiger partial charge in [-0.05, 0) is 70.4 Å². The van der Waals surface area contributed by atoms with Crippen LogP contribution in [0.1, 0.15) is 18.4 Å². The van der Waals surface area contributed by atoms with Crippen molar-refractivity contribution in [3.63, 3.8) is 0 Å². The van der Waals surface area contributed by atoms with Gasteiger partial charge >= 0.3 is 0 Å². The van der Waals surface area contributed by atoms with Gasteiger partial charge in [-0.1, -0.05) is 0 Å². The average Bonchev–Trinajstić information content (AvgIpc) is 2.43. The van der Waals surface area contributed by atoms with Crippen molar-refractivity contribution in [1.29, 1.82) is 0 Å². The van der Waals surface area contributed by atoms with E-state index in [0.717, 1.165) is 24.6 Å². The first-order valence-corrected chi connectivity index (χ1v) is 8.49. The molecule has 0 unspecified atom stereocenters. The van der Waals surface area contributed by atoms with E-state index in [1.165, 1.54) is 24.3 Å². The van der Waals surface area contributed by atoms with E-state index in [4.69, 9.17) is 4.74 Å². The van der Waals surface area contributed by atoms with E-state index in [1.807, 2.05) is 12.1 Å². The molecule has 0 atom stereocenters. The Morgan fingerprint density at radius 3 is 2.84 bits per heavy atom. The Balaban J connectivity index is 1.86. The summed E-state index contributed by atoms with van der Waals surface area (Å²) in [6.07, 6.45) is 2.64. The number of phenols is 1. The Hall–Kier alpha value is -0.390. The third-order valence-corrected chi connectivity index (χ3v) is 5.06. The van der Waals surface area contributed by atoms with Gasteiger partial charge in [-0.15, -0.1) is 0 Å². The highest BCUT2D eigenvalue weighted by atomic mass is 79.9. The molecule has 3 nitrogen and oxygen atoms in total. The molecule has 1 aromatic carbocycles. The van der Waals surface area contributed by atoms with Gasteiger partial charge < -0.3 is 15.2 Å². The number of aromatic hydroxyl groups is 1. The second-order valence-electron chi connectivity index (χ2n) is 4.82. The predicted octanol–water partition coefficient (Wildman–Crippen LogP) is 3.40. The molecule has 0 aromatic heterocycles. The lowest BCUT2D eigenvalue weighted by atomic mass is 10.0. The Bertz CT molecular complexity index is 422. The van der Waals surface area contributed by atoms with E-state index >= 15 is 0 Å². The minimum absolute atomic E-state index is 0.163. The lowest BCUT2D eigenvalue weighted by Crippen LogP contribution is -2.25. The van der Waals surface area contributed by atoms with Crippen LogP contribution < -0.4 is 10.1 Å². The fraction of sp³-hybridized carbons (Fsp3) is 0.571. The first kappa shape index (κ1) is 15.0. The number of benzene rings is 1. The summed E-state index contributed by atoms with van der Waals surface area (Å²) in [5, 5.41) is 13.3. The van der Waals surface area contributed by atoms with E-state index in [1.54, 1.807) is 7.11 Å². The topological polar surface area (TPSA) is 41.5 Å². The maximum absolute atomic E-state index is 9.76. The molecule has 1 saturated heterocycles. The van der Waals surface area contributed by atoms with Crippen molar-refractivity contribution in [3.05, 3.63) is 22.2 Å². The maximum atomic E-state index is 9.76. The molecular formula is C14H20BrNO2S. The summed E-state index contributed by atoms with van der Waals surface area (Å²) in [5.74, 6) is 4.08. The van der Waals surface area contributed by atoms with E-state index in [0.29, 0.717) is 10.2 Å². The van der Waals surface area contributed by atoms with Crippen molar-refractivity contribution in [2.75, 3.05) is 25.2 Å². The van der Waals surface area contributed by atoms with Gasteiger partial charge in [-0.2, -0.15) is 11.8 Å². The number of nitrogens with one attached hydrogen (secondary N) is 1. The van der Waals surface area contributed by atoms with Gasteiger partial charge in [-0.3, -0.25) is 0 Å². The van der Waals surface area contributed by atoms with Crippen molar-refractivity contribution < 1.29 is 9.84 Å². The summed E-state index contributed by atoms with van der Waals surface area (Å²) >= 11 is 5.40. The molecule has 19 heavy (non-hydrogen) atoms. The van der Waals surface area contributed by atoms with Crippen LogP contribution in [0.15, 0.2) is 16.6 Å². The zero-order valence-electron chi connectivity index (χ0n) is 11.1. The van der Waals surface area contributed by atoms with Crippen molar-refractivity contribution >= 4 is 27.7 Å². The highest BCUT2D eigenvalue weighted by Crippen LogP contribution is 2.35. The number of hydrogen-bond acceptors (Lipinski definition) is 4. The number of phenolic OH excluding ortho intramolecular Hbond substituents is 1. The van der Waals surface area contributed by atoms with E-state index in [9.17, 15) is 5.11 Å². The monoisotopic (exact) mass is 345 g/mol. The lowest BCUT2D eigenvalue weighted by Gasteiger charge is -2.21. The van der Waals surface area contributed by atoms with Crippen LogP contribution in [0.4, 0.5) is 0 Å². The minimum atomic E-state index is 0.163. The summed E-state index contributed by atoms with van der Waals surface area (Å²) in [6.45, 7) is 1.88. The van der Waals surface area contributed by atoms with Gasteiger partial charge in [0.25, 0.3) is 0 Å². The van der Waals surface area contributed by atoms with Crippen LogP contribution in [0.2, 0.25) is 0 Å². The first-order chi connectivity index (χ1) is 9.20. The first-order valence-electron chi connectivity index (χ1n) is 6.54. The molecule has 1 aliphatic heterocycles. The van der Waals surface area contributed by atoms with Gasteiger partial charge in [0, 0.05) is 6.54 Å². The van der Waals surface area contributed by atoms with Crippen LogP contribution in [-0.2, 0) is 6.54 Å². The zero-order valence-corrected chi connectivity index (χ0v) is 13.5. The van der Waals surface area contributed by atoms with Crippen LogP contribution in [0, 0.1) is 5.92 Å². The highest BCUT2D eigenvalue weighted by molar-refractivity contribution is 9.10. The lowest BCUT2D eigenvalue weighted by molar-refractivity contribution is 0.371. The summed E-state index contributed by atoms with van der Waals surface area (Å²) in [6, 6.07) is 3.81. The molecule has 0 bridgehead atoms. The molecule has 2 rings (SSSR count). The molecule has 106 valence electrons. The van der Waals surface area contributed by atoms with Gasteiger partial charge in [0.2, 0.25) is 0 Å². The smallest absolute Gasteiger partial charge is 0.172 e. The minimum Gasteiger partial charge on any atom is -0.503 e. The number of methoxy groups -OCH3 is 1. The van der Waals surface area contributed by atoms with Crippen LogP contribution in [0.5, 0.6) is 11.5 Å². The molecule has 0 amide bonds. The molecular weight excluding hydrogens is 326 g/mol. The van der Waals surface area contributed by atoms with Crippen LogP contribution in [0.25, 0.3) is 0 Å². The molecule has 0 saturated carbocycles. The molecule has 1 aromatic rings. The Morgan fingerprint density at radius 1 is 1.42 bits per heavy atom. The van der Waals surface area contributed by atoms with Crippen molar-refractivity contribution in [3.8, 4) is 11.5 Å². The summed E-state index contributed by atoms with van der Waals surface area (Å²) < 4.78 is 5.83. The molecule has 1 fully saturated rings. The third kappa shape index (κ3) is 4.29. The normalized spacial score (nSPS) is 16.5. The summed E-state index contributed by atoms with van der Waals surface area (Å²) in [5.41, 5.74) is 1.12. The molecule has 0 radical (unpaired) electrons. The Labute approximate surface area is 127 Å². The van der Waals surface area contributed by atoms with Crippen LogP contribution in [0.3, 0.4) is 0 Å². The van der Waals surface area contributed by atoms with Crippen LogP contribution >= 0.6 is 27.7 Å². The summed E-state index contributed by atoms with van der Waals surface area (Å²) in [7, 11) is 1.57. The Kier molecular flexibility index (Phi) is 5.85. The number of hydrogen-bond donors (Lipinski definition) is 2. The molecule has 1 aliphatic rings. The van der Waals surface area contributed by atoms with Gasteiger partial charge in [0.1, 0.15) is 0 Å². The maximum Gasteiger partial charge on any atom is 0.172 e. The van der Waals surface area contributed by atoms with Crippen molar-refractivity contribution in [2.24, 2.45) is 5.92 Å². The summed E-state index contributed by atoms with van der Waals surface area (Å²) in [4.78, 5) is 0. The van der Waals surface area contributed by atoms with Crippen LogP contribution in [-0.4, -0.2) is 30.3 Å². The Morgan fingerprint density at radius 2 is 2.16 bits per heavy atom. The van der Waals surface area contributed by atoms with E-state index in [-0.39, 0.29) is 5.75 Å². The van der Waals surface area contributed by atoms with E-state index < -0.39 is 0 Å². The quantitative estimate of drug-likeness (QED) is 0.858. The number of thioether (sulfide) groups is 1. The second kappa shape index (κ2) is 7.41. The zero-order chi connectivity index (χ0) is 13.7. The average molecular weight is 346 g/mol.